The van der Waals surface area contributed by atoms with E-state index in [9.17, 15) is 14.9 Å². The van der Waals surface area contributed by atoms with E-state index in [1.54, 1.807) is 28.9 Å². The first-order chi connectivity index (χ1) is 13.3. The predicted molar refractivity (Wildman–Crippen MR) is 114 cm³/mol. The van der Waals surface area contributed by atoms with E-state index in [1.807, 2.05) is 13.8 Å². The number of nitrogens with one attached hydrogen (secondary N) is 1. The topological polar surface area (TPSA) is 87.8 Å². The van der Waals surface area contributed by atoms with Crippen molar-refractivity contribution in [1.82, 2.24) is 14.9 Å². The second-order valence-corrected chi connectivity index (χ2v) is 9.47. The monoisotopic (exact) mass is 416 g/mol. The molecule has 1 amide bonds. The van der Waals surface area contributed by atoms with Gasteiger partial charge in [-0.25, -0.2) is 4.98 Å². The smallest absolute Gasteiger partial charge is 0.263 e. The molecule has 2 heterocycles. The van der Waals surface area contributed by atoms with Crippen LogP contribution in [0, 0.1) is 17.2 Å². The minimum absolute atomic E-state index is 0.0200. The molecule has 0 radical (unpaired) electrons. The lowest BCUT2D eigenvalue weighted by Crippen LogP contribution is -2.49. The molecular weight excluding hydrogens is 392 g/mol. The zero-order valence-electron chi connectivity index (χ0n) is 16.4. The van der Waals surface area contributed by atoms with E-state index in [4.69, 9.17) is 4.98 Å². The van der Waals surface area contributed by atoms with Gasteiger partial charge in [-0.1, -0.05) is 31.7 Å². The predicted octanol–water partition coefficient (Wildman–Crippen LogP) is 3.28. The van der Waals surface area contributed by atoms with Crippen LogP contribution in [0.1, 0.15) is 37.6 Å². The molecule has 1 atom stereocenters. The minimum Gasteiger partial charge on any atom is -0.337 e. The standard InChI is InChI=1S/C20H24N4O2S2/c1-5-9-24-18(26)16-13-7-6-8-14(13)28-17(16)22-19(24)27-10-15(25)23-20(4,11-21)12(2)3/h5,12H,1,6-10H2,2-4H3,(H,23,25)/t20-/m1/s1. The van der Waals surface area contributed by atoms with Crippen LogP contribution in [0.4, 0.5) is 0 Å². The summed E-state index contributed by atoms with van der Waals surface area (Å²) >= 11 is 2.80. The van der Waals surface area contributed by atoms with E-state index < -0.39 is 5.54 Å². The molecular formula is C20H24N4O2S2. The number of amides is 1. The SMILES string of the molecule is C=CCn1c(SCC(=O)N[C@](C)(C#N)C(C)C)nc2sc3c(c2c1=O)CCC3. The summed E-state index contributed by atoms with van der Waals surface area (Å²) in [4.78, 5) is 32.2. The van der Waals surface area contributed by atoms with Gasteiger partial charge in [-0.15, -0.1) is 17.9 Å². The van der Waals surface area contributed by atoms with Crippen molar-refractivity contribution < 1.29 is 4.79 Å². The lowest BCUT2D eigenvalue weighted by atomic mass is 9.90. The molecule has 3 rings (SSSR count). The first-order valence-corrected chi connectivity index (χ1v) is 11.1. The van der Waals surface area contributed by atoms with Crippen molar-refractivity contribution >= 4 is 39.2 Å². The maximum absolute atomic E-state index is 13.1. The third kappa shape index (κ3) is 3.74. The number of nitriles is 1. The number of aryl methyl sites for hydroxylation is 2. The second kappa shape index (κ2) is 8.10. The summed E-state index contributed by atoms with van der Waals surface area (Å²) in [6.45, 7) is 9.59. The Labute approximate surface area is 172 Å². The number of allylic oxidation sites excluding steroid dienone is 1. The summed E-state index contributed by atoms with van der Waals surface area (Å²) in [5, 5.41) is 13.4. The number of hydrogen-bond acceptors (Lipinski definition) is 6. The number of fused-ring (bicyclic) bond motifs is 3. The maximum Gasteiger partial charge on any atom is 0.263 e. The number of carbonyl (C=O) groups excluding carboxylic acids is 1. The summed E-state index contributed by atoms with van der Waals surface area (Å²) in [6.07, 6.45) is 4.68. The third-order valence-electron chi connectivity index (χ3n) is 5.22. The number of aromatic nitrogens is 2. The van der Waals surface area contributed by atoms with Crippen LogP contribution >= 0.6 is 23.1 Å². The Bertz CT molecular complexity index is 1030. The molecule has 0 aromatic carbocycles. The minimum atomic E-state index is -0.926. The quantitative estimate of drug-likeness (QED) is 0.425. The van der Waals surface area contributed by atoms with E-state index >= 15 is 0 Å². The van der Waals surface area contributed by atoms with Crippen molar-refractivity contribution in [2.24, 2.45) is 5.92 Å². The molecule has 6 nitrogen and oxygen atoms in total. The van der Waals surface area contributed by atoms with Crippen molar-refractivity contribution in [2.75, 3.05) is 5.75 Å². The summed E-state index contributed by atoms with van der Waals surface area (Å²) in [7, 11) is 0. The first-order valence-electron chi connectivity index (χ1n) is 9.31. The number of thiophene rings is 1. The van der Waals surface area contributed by atoms with Crippen molar-refractivity contribution in [2.45, 2.75) is 57.3 Å². The number of rotatable bonds is 7. The molecule has 0 spiro atoms. The summed E-state index contributed by atoms with van der Waals surface area (Å²) in [5.74, 6) is -0.186. The number of thioether (sulfide) groups is 1. The lowest BCUT2D eigenvalue weighted by molar-refractivity contribution is -0.120. The molecule has 2 aromatic heterocycles. The van der Waals surface area contributed by atoms with Gasteiger partial charge in [0.05, 0.1) is 17.2 Å². The molecule has 0 saturated carbocycles. The number of hydrogen-bond donors (Lipinski definition) is 1. The fourth-order valence-corrected chi connectivity index (χ4v) is 5.33. The van der Waals surface area contributed by atoms with Gasteiger partial charge >= 0.3 is 0 Å². The van der Waals surface area contributed by atoms with Gasteiger partial charge in [0.2, 0.25) is 5.91 Å². The fourth-order valence-electron chi connectivity index (χ4n) is 3.22. The Hall–Kier alpha value is -2.11. The molecule has 1 N–H and O–H groups in total. The van der Waals surface area contributed by atoms with Gasteiger partial charge < -0.3 is 5.32 Å². The van der Waals surface area contributed by atoms with Crippen LogP contribution in [0.25, 0.3) is 10.2 Å². The average Bonchev–Trinajstić information content (AvgIpc) is 3.23. The van der Waals surface area contributed by atoms with Crippen LogP contribution in [-0.4, -0.2) is 26.8 Å². The Morgan fingerprint density at radius 1 is 1.54 bits per heavy atom. The van der Waals surface area contributed by atoms with Crippen molar-refractivity contribution in [1.29, 1.82) is 5.26 Å². The molecule has 0 fully saturated rings. The Balaban J connectivity index is 1.88. The van der Waals surface area contributed by atoms with Gasteiger partial charge in [0, 0.05) is 11.4 Å². The van der Waals surface area contributed by atoms with Crippen molar-refractivity contribution in [3.05, 3.63) is 33.4 Å². The second-order valence-electron chi connectivity index (χ2n) is 7.44. The summed E-state index contributed by atoms with van der Waals surface area (Å²) < 4.78 is 1.59. The third-order valence-corrected chi connectivity index (χ3v) is 7.38. The zero-order valence-corrected chi connectivity index (χ0v) is 18.0. The molecule has 0 bridgehead atoms. The van der Waals surface area contributed by atoms with E-state index in [0.717, 1.165) is 35.0 Å². The zero-order chi connectivity index (χ0) is 20.5. The van der Waals surface area contributed by atoms with E-state index in [2.05, 4.69) is 18.0 Å². The highest BCUT2D eigenvalue weighted by Gasteiger charge is 2.30. The van der Waals surface area contributed by atoms with Gasteiger partial charge in [-0.3, -0.25) is 14.2 Å². The van der Waals surface area contributed by atoms with Crippen LogP contribution in [0.5, 0.6) is 0 Å². The Morgan fingerprint density at radius 3 is 2.93 bits per heavy atom. The van der Waals surface area contributed by atoms with Crippen LogP contribution in [0.3, 0.4) is 0 Å². The highest BCUT2D eigenvalue weighted by Crippen LogP contribution is 2.35. The van der Waals surface area contributed by atoms with Crippen LogP contribution in [0.15, 0.2) is 22.6 Å². The molecule has 1 aliphatic rings. The molecule has 148 valence electrons. The fraction of sp³-hybridized carbons (Fsp3) is 0.500. The van der Waals surface area contributed by atoms with Crippen LogP contribution in [-0.2, 0) is 24.2 Å². The maximum atomic E-state index is 13.1. The highest BCUT2D eigenvalue weighted by atomic mass is 32.2. The normalized spacial score (nSPS) is 15.2. The van der Waals surface area contributed by atoms with E-state index in [0.29, 0.717) is 11.7 Å². The average molecular weight is 417 g/mol. The first kappa shape index (κ1) is 20.6. The van der Waals surface area contributed by atoms with E-state index in [1.165, 1.54) is 16.6 Å². The number of carbonyl (C=O) groups is 1. The largest absolute Gasteiger partial charge is 0.337 e. The molecule has 1 aliphatic carbocycles. The molecule has 0 unspecified atom stereocenters. The molecule has 0 aliphatic heterocycles. The molecule has 0 saturated heterocycles. The van der Waals surface area contributed by atoms with Crippen molar-refractivity contribution in [3.8, 4) is 6.07 Å². The number of nitrogens with zero attached hydrogens (tertiary/aromatic N) is 3. The van der Waals surface area contributed by atoms with Gasteiger partial charge in [-0.2, -0.15) is 5.26 Å². The molecule has 2 aromatic rings. The molecule has 28 heavy (non-hydrogen) atoms. The summed E-state index contributed by atoms with van der Waals surface area (Å²) in [5.41, 5.74) is 0.159. The van der Waals surface area contributed by atoms with Gasteiger partial charge in [0.1, 0.15) is 10.4 Å². The Kier molecular flexibility index (Phi) is 5.96. The Morgan fingerprint density at radius 2 is 2.29 bits per heavy atom. The van der Waals surface area contributed by atoms with Gasteiger partial charge in [0.25, 0.3) is 5.56 Å². The highest BCUT2D eigenvalue weighted by molar-refractivity contribution is 7.99. The van der Waals surface area contributed by atoms with Crippen LogP contribution < -0.4 is 10.9 Å². The van der Waals surface area contributed by atoms with Gasteiger partial charge in [0.15, 0.2) is 5.16 Å². The van der Waals surface area contributed by atoms with Gasteiger partial charge in [-0.05, 0) is 37.7 Å². The van der Waals surface area contributed by atoms with Crippen molar-refractivity contribution in [3.63, 3.8) is 0 Å². The molecule has 8 heteroatoms. The lowest BCUT2D eigenvalue weighted by Gasteiger charge is -2.27. The van der Waals surface area contributed by atoms with E-state index in [-0.39, 0.29) is 23.1 Å². The van der Waals surface area contributed by atoms with Crippen LogP contribution in [0.2, 0.25) is 0 Å². The summed E-state index contributed by atoms with van der Waals surface area (Å²) in [6, 6.07) is 2.17.